The summed E-state index contributed by atoms with van der Waals surface area (Å²) >= 11 is 5.87. The van der Waals surface area contributed by atoms with E-state index in [4.69, 9.17) is 11.6 Å². The third-order valence-corrected chi connectivity index (χ3v) is 5.37. The quantitative estimate of drug-likeness (QED) is 0.425. The minimum absolute atomic E-state index is 0.0148. The SMILES string of the molecule is CN1CCN(c2ccc(CCCNC(=O)c3cc(Cl)ccc3[N+](=O)[O-])cc2)CC1. The molecule has 1 aliphatic rings. The molecule has 154 valence electrons. The van der Waals surface area contributed by atoms with Gasteiger partial charge in [-0.1, -0.05) is 23.7 Å². The number of benzene rings is 2. The first-order valence-electron chi connectivity index (χ1n) is 9.68. The Morgan fingerprint density at radius 3 is 2.48 bits per heavy atom. The summed E-state index contributed by atoms with van der Waals surface area (Å²) in [5, 5.41) is 14.1. The molecule has 0 radical (unpaired) electrons. The summed E-state index contributed by atoms with van der Waals surface area (Å²) in [7, 11) is 2.14. The van der Waals surface area contributed by atoms with Crippen LogP contribution in [-0.4, -0.2) is 55.5 Å². The number of rotatable bonds is 7. The largest absolute Gasteiger partial charge is 0.369 e. The monoisotopic (exact) mass is 416 g/mol. The molecule has 1 aliphatic heterocycles. The molecule has 29 heavy (non-hydrogen) atoms. The first-order chi connectivity index (χ1) is 13.9. The van der Waals surface area contributed by atoms with Crippen LogP contribution in [0.2, 0.25) is 5.02 Å². The smallest absolute Gasteiger partial charge is 0.282 e. The lowest BCUT2D eigenvalue weighted by atomic mass is 10.1. The van der Waals surface area contributed by atoms with E-state index in [1.54, 1.807) is 0 Å². The lowest BCUT2D eigenvalue weighted by molar-refractivity contribution is -0.385. The van der Waals surface area contributed by atoms with Crippen LogP contribution in [0.5, 0.6) is 0 Å². The predicted octanol–water partition coefficient (Wildman–Crippen LogP) is 3.36. The highest BCUT2D eigenvalue weighted by atomic mass is 35.5. The van der Waals surface area contributed by atoms with Crippen molar-refractivity contribution < 1.29 is 9.72 Å². The van der Waals surface area contributed by atoms with Crippen molar-refractivity contribution >= 4 is 28.9 Å². The van der Waals surface area contributed by atoms with Crippen molar-refractivity contribution in [2.24, 2.45) is 0 Å². The highest BCUT2D eigenvalue weighted by Gasteiger charge is 2.20. The average Bonchev–Trinajstić information content (AvgIpc) is 2.72. The first kappa shape index (κ1) is 21.1. The molecule has 1 saturated heterocycles. The van der Waals surface area contributed by atoms with Crippen LogP contribution >= 0.6 is 11.6 Å². The molecule has 0 spiro atoms. The number of anilines is 1. The molecule has 8 heteroatoms. The van der Waals surface area contributed by atoms with Gasteiger partial charge in [0.2, 0.25) is 0 Å². The van der Waals surface area contributed by atoms with Crippen molar-refractivity contribution in [2.75, 3.05) is 44.7 Å². The maximum Gasteiger partial charge on any atom is 0.282 e. The zero-order valence-electron chi connectivity index (χ0n) is 16.4. The molecule has 0 atom stereocenters. The number of nitrogens with one attached hydrogen (secondary N) is 1. The number of piperazine rings is 1. The van der Waals surface area contributed by atoms with Crippen LogP contribution in [0.3, 0.4) is 0 Å². The highest BCUT2D eigenvalue weighted by molar-refractivity contribution is 6.31. The molecule has 3 rings (SSSR count). The Labute approximate surface area is 175 Å². The van der Waals surface area contributed by atoms with Crippen LogP contribution in [0.4, 0.5) is 11.4 Å². The topological polar surface area (TPSA) is 78.7 Å². The fourth-order valence-electron chi connectivity index (χ4n) is 3.38. The molecule has 0 aromatic heterocycles. The van der Waals surface area contributed by atoms with Crippen molar-refractivity contribution in [3.63, 3.8) is 0 Å². The fourth-order valence-corrected chi connectivity index (χ4v) is 3.55. The minimum atomic E-state index is -0.576. The molecule has 1 fully saturated rings. The van der Waals surface area contributed by atoms with E-state index in [0.717, 1.165) is 39.0 Å². The van der Waals surface area contributed by atoms with Gasteiger partial charge in [0.1, 0.15) is 5.56 Å². The molecular formula is C21H25ClN4O3. The molecule has 1 amide bonds. The molecule has 0 saturated carbocycles. The number of aryl methyl sites for hydroxylation is 1. The van der Waals surface area contributed by atoms with Crippen LogP contribution in [0, 0.1) is 10.1 Å². The molecule has 0 bridgehead atoms. The van der Waals surface area contributed by atoms with Crippen molar-refractivity contribution in [1.82, 2.24) is 10.2 Å². The summed E-state index contributed by atoms with van der Waals surface area (Å²) in [5.74, 6) is -0.482. The average molecular weight is 417 g/mol. The number of likely N-dealkylation sites (N-methyl/N-ethyl adjacent to an activating group) is 1. The molecule has 0 unspecified atom stereocenters. The van der Waals surface area contributed by atoms with E-state index < -0.39 is 10.8 Å². The van der Waals surface area contributed by atoms with Gasteiger partial charge in [-0.2, -0.15) is 0 Å². The number of nitro benzene ring substituents is 1. The number of hydrogen-bond acceptors (Lipinski definition) is 5. The second-order valence-electron chi connectivity index (χ2n) is 7.23. The summed E-state index contributed by atoms with van der Waals surface area (Å²) in [6, 6.07) is 12.5. The van der Waals surface area contributed by atoms with E-state index in [1.807, 2.05) is 0 Å². The van der Waals surface area contributed by atoms with Gasteiger partial charge in [-0.3, -0.25) is 14.9 Å². The van der Waals surface area contributed by atoms with E-state index in [0.29, 0.717) is 11.6 Å². The van der Waals surface area contributed by atoms with Gasteiger partial charge in [-0.25, -0.2) is 0 Å². The van der Waals surface area contributed by atoms with Crippen molar-refractivity contribution in [3.05, 3.63) is 68.7 Å². The van der Waals surface area contributed by atoms with Crippen LogP contribution in [0.15, 0.2) is 42.5 Å². The zero-order valence-corrected chi connectivity index (χ0v) is 17.2. The minimum Gasteiger partial charge on any atom is -0.369 e. The van der Waals surface area contributed by atoms with Gasteiger partial charge in [-0.05, 0) is 49.7 Å². The lowest BCUT2D eigenvalue weighted by Gasteiger charge is -2.34. The van der Waals surface area contributed by atoms with Gasteiger partial charge in [0.15, 0.2) is 0 Å². The Balaban J connectivity index is 1.48. The predicted molar refractivity (Wildman–Crippen MR) is 115 cm³/mol. The molecule has 2 aromatic carbocycles. The molecule has 1 N–H and O–H groups in total. The van der Waals surface area contributed by atoms with Crippen molar-refractivity contribution in [1.29, 1.82) is 0 Å². The number of carbonyl (C=O) groups excluding carboxylic acids is 1. The number of nitrogens with zero attached hydrogens (tertiary/aromatic N) is 3. The lowest BCUT2D eigenvalue weighted by Crippen LogP contribution is -2.44. The molecule has 0 aliphatic carbocycles. The maximum absolute atomic E-state index is 12.3. The van der Waals surface area contributed by atoms with Gasteiger partial charge in [0.25, 0.3) is 11.6 Å². The summed E-state index contributed by atoms with van der Waals surface area (Å²) in [5.41, 5.74) is 2.18. The first-order valence-corrected chi connectivity index (χ1v) is 10.1. The second-order valence-corrected chi connectivity index (χ2v) is 7.67. The maximum atomic E-state index is 12.3. The second kappa shape index (κ2) is 9.71. The van der Waals surface area contributed by atoms with Crippen molar-refractivity contribution in [2.45, 2.75) is 12.8 Å². The summed E-state index contributed by atoms with van der Waals surface area (Å²) in [4.78, 5) is 27.5. The van der Waals surface area contributed by atoms with E-state index in [-0.39, 0.29) is 11.3 Å². The standard InChI is InChI=1S/C21H25ClN4O3/c1-24-11-13-25(14-12-24)18-7-4-16(5-8-18)3-2-10-23-21(27)19-15-17(22)6-9-20(19)26(28)29/h4-9,15H,2-3,10-14H2,1H3,(H,23,27). The van der Waals surface area contributed by atoms with Crippen LogP contribution in [-0.2, 0) is 6.42 Å². The number of nitro groups is 1. The summed E-state index contributed by atoms with van der Waals surface area (Å²) in [6.45, 7) is 4.66. The molecule has 1 heterocycles. The number of carbonyl (C=O) groups is 1. The summed E-state index contributed by atoms with van der Waals surface area (Å²) < 4.78 is 0. The Kier molecular flexibility index (Phi) is 7.06. The van der Waals surface area contributed by atoms with E-state index in [9.17, 15) is 14.9 Å². The third kappa shape index (κ3) is 5.68. The van der Waals surface area contributed by atoms with Crippen LogP contribution in [0.1, 0.15) is 22.3 Å². The van der Waals surface area contributed by atoms with Gasteiger partial charge in [-0.15, -0.1) is 0 Å². The number of amides is 1. The molecule has 7 nitrogen and oxygen atoms in total. The molecular weight excluding hydrogens is 392 g/mol. The highest BCUT2D eigenvalue weighted by Crippen LogP contribution is 2.22. The van der Waals surface area contributed by atoms with E-state index >= 15 is 0 Å². The number of hydrogen-bond donors (Lipinski definition) is 1. The third-order valence-electron chi connectivity index (χ3n) is 5.13. The Bertz CT molecular complexity index is 865. The Morgan fingerprint density at radius 1 is 1.14 bits per heavy atom. The molecule has 2 aromatic rings. The van der Waals surface area contributed by atoms with Crippen LogP contribution in [0.25, 0.3) is 0 Å². The van der Waals surface area contributed by atoms with Gasteiger partial charge in [0.05, 0.1) is 4.92 Å². The fraction of sp³-hybridized carbons (Fsp3) is 0.381. The summed E-state index contributed by atoms with van der Waals surface area (Å²) in [6.07, 6.45) is 1.56. The zero-order chi connectivity index (χ0) is 20.8. The van der Waals surface area contributed by atoms with Gasteiger partial charge >= 0.3 is 0 Å². The van der Waals surface area contributed by atoms with E-state index in [2.05, 4.69) is 46.4 Å². The number of halogens is 1. The van der Waals surface area contributed by atoms with E-state index in [1.165, 1.54) is 29.4 Å². The van der Waals surface area contributed by atoms with Gasteiger partial charge < -0.3 is 15.1 Å². The Morgan fingerprint density at radius 2 is 1.83 bits per heavy atom. The van der Waals surface area contributed by atoms with Gasteiger partial charge in [0, 0.05) is 49.5 Å². The van der Waals surface area contributed by atoms with Crippen molar-refractivity contribution in [3.8, 4) is 0 Å². The van der Waals surface area contributed by atoms with Crippen LogP contribution < -0.4 is 10.2 Å². The Hall–Kier alpha value is -2.64. The normalized spacial score (nSPS) is 14.6.